The summed E-state index contributed by atoms with van der Waals surface area (Å²) in [6.07, 6.45) is 5.38. The van der Waals surface area contributed by atoms with Crippen LogP contribution in [0.5, 0.6) is 0 Å². The Balaban J connectivity index is 1.38. The Hall–Kier alpha value is -4.46. The summed E-state index contributed by atoms with van der Waals surface area (Å²) in [5.41, 5.74) is 5.33. The maximum atomic E-state index is 12.2. The lowest BCUT2D eigenvalue weighted by molar-refractivity contribution is 0.0823. The third-order valence-corrected chi connectivity index (χ3v) is 5.16. The fraction of sp³-hybridized carbons (Fsp3) is 0.0833. The van der Waals surface area contributed by atoms with Crippen LogP contribution in [0, 0.1) is 0 Å². The van der Waals surface area contributed by atoms with Gasteiger partial charge in [-0.1, -0.05) is 24.3 Å². The number of H-pyrrole nitrogens is 2. The van der Waals surface area contributed by atoms with E-state index in [1.807, 2.05) is 60.8 Å². The average molecular weight is 423 g/mol. The first kappa shape index (κ1) is 19.5. The van der Waals surface area contributed by atoms with Gasteiger partial charge in [0, 0.05) is 54.2 Å². The van der Waals surface area contributed by atoms with E-state index in [4.69, 9.17) is 0 Å². The highest BCUT2D eigenvalue weighted by molar-refractivity contribution is 5.98. The van der Waals surface area contributed by atoms with Gasteiger partial charge in [-0.05, 0) is 35.9 Å². The van der Waals surface area contributed by atoms with E-state index in [-0.39, 0.29) is 5.91 Å². The molecule has 0 unspecified atom stereocenters. The Morgan fingerprint density at radius 2 is 1.78 bits per heavy atom. The molecule has 0 aliphatic heterocycles. The lowest BCUT2D eigenvalue weighted by atomic mass is 10.1. The van der Waals surface area contributed by atoms with Crippen LogP contribution >= 0.6 is 0 Å². The predicted octanol–water partition coefficient (Wildman–Crippen LogP) is 4.46. The van der Waals surface area contributed by atoms with Gasteiger partial charge in [-0.15, -0.1) is 0 Å². The normalized spacial score (nSPS) is 10.9. The molecule has 0 saturated carbocycles. The van der Waals surface area contributed by atoms with Crippen molar-refractivity contribution < 1.29 is 4.79 Å². The number of anilines is 2. The van der Waals surface area contributed by atoms with Crippen LogP contribution in [0.15, 0.2) is 73.2 Å². The van der Waals surface area contributed by atoms with Crippen molar-refractivity contribution in [3.63, 3.8) is 0 Å². The molecule has 5 aromatic rings. The highest BCUT2D eigenvalue weighted by atomic mass is 16.2. The van der Waals surface area contributed by atoms with E-state index < -0.39 is 0 Å². The maximum absolute atomic E-state index is 12.2. The first-order chi connectivity index (χ1) is 15.6. The van der Waals surface area contributed by atoms with Gasteiger partial charge < -0.3 is 15.2 Å². The zero-order chi connectivity index (χ0) is 22.1. The quantitative estimate of drug-likeness (QED) is 0.387. The number of aromatic nitrogens is 5. The van der Waals surface area contributed by atoms with Crippen LogP contribution in [0.1, 0.15) is 10.5 Å². The molecule has 2 aromatic carbocycles. The minimum atomic E-state index is -0.0658. The zero-order valence-electron chi connectivity index (χ0n) is 17.6. The first-order valence-electron chi connectivity index (χ1n) is 10.1. The van der Waals surface area contributed by atoms with Gasteiger partial charge in [0.1, 0.15) is 11.5 Å². The van der Waals surface area contributed by atoms with E-state index >= 15 is 0 Å². The number of benzene rings is 2. The molecule has 0 spiro atoms. The zero-order valence-corrected chi connectivity index (χ0v) is 17.6. The number of rotatable bonds is 5. The molecule has 0 aliphatic carbocycles. The van der Waals surface area contributed by atoms with Crippen molar-refractivity contribution >= 4 is 28.3 Å². The van der Waals surface area contributed by atoms with Crippen LogP contribution in [0.4, 0.5) is 11.5 Å². The van der Waals surface area contributed by atoms with Gasteiger partial charge in [0.25, 0.3) is 5.91 Å². The molecule has 8 heteroatoms. The number of hydrogen-bond donors (Lipinski definition) is 3. The van der Waals surface area contributed by atoms with Crippen molar-refractivity contribution in [2.24, 2.45) is 0 Å². The number of amides is 1. The molecule has 5 rings (SSSR count). The summed E-state index contributed by atoms with van der Waals surface area (Å²) in [6.45, 7) is 0. The lowest BCUT2D eigenvalue weighted by Crippen LogP contribution is -2.21. The average Bonchev–Trinajstić information content (AvgIpc) is 3.49. The van der Waals surface area contributed by atoms with Crippen LogP contribution in [-0.2, 0) is 0 Å². The van der Waals surface area contributed by atoms with Crippen molar-refractivity contribution in [2.75, 3.05) is 19.4 Å². The number of nitrogens with zero attached hydrogens (tertiary/aromatic N) is 4. The fourth-order valence-electron chi connectivity index (χ4n) is 3.49. The van der Waals surface area contributed by atoms with Gasteiger partial charge in [0.15, 0.2) is 5.82 Å². The molecule has 158 valence electrons. The maximum Gasteiger partial charge on any atom is 0.269 e. The summed E-state index contributed by atoms with van der Waals surface area (Å²) >= 11 is 0. The molecule has 8 nitrogen and oxygen atoms in total. The standard InChI is InChI=1S/C24H21N7O/c1-31(2)24(32)21-11-16-3-4-17(12-20(16)29-21)23-25-10-9-22(30-23)28-19-7-5-15(6-8-19)18-13-26-27-14-18/h3-14,29H,1-2H3,(H,26,27)(H,25,28,30). The molecular weight excluding hydrogens is 402 g/mol. The molecule has 3 heterocycles. The smallest absolute Gasteiger partial charge is 0.269 e. The van der Waals surface area contributed by atoms with E-state index in [0.29, 0.717) is 17.3 Å². The number of nitrogens with one attached hydrogen (secondary N) is 3. The number of carbonyl (C=O) groups excluding carboxylic acids is 1. The van der Waals surface area contributed by atoms with Crippen LogP contribution in [0.3, 0.4) is 0 Å². The molecule has 1 amide bonds. The molecule has 0 saturated heterocycles. The Morgan fingerprint density at radius 3 is 2.53 bits per heavy atom. The third-order valence-electron chi connectivity index (χ3n) is 5.16. The SMILES string of the molecule is CN(C)C(=O)c1cc2ccc(-c3nccc(Nc4ccc(-c5cn[nH]c5)cc4)n3)cc2[nH]1. The molecule has 0 radical (unpaired) electrons. The van der Waals surface area contributed by atoms with Crippen LogP contribution in [0.2, 0.25) is 0 Å². The molecule has 0 atom stereocenters. The minimum absolute atomic E-state index is 0.0658. The predicted molar refractivity (Wildman–Crippen MR) is 125 cm³/mol. The van der Waals surface area contributed by atoms with Gasteiger partial charge >= 0.3 is 0 Å². The first-order valence-corrected chi connectivity index (χ1v) is 10.1. The van der Waals surface area contributed by atoms with Gasteiger partial charge in [-0.3, -0.25) is 9.89 Å². The number of hydrogen-bond acceptors (Lipinski definition) is 5. The fourth-order valence-corrected chi connectivity index (χ4v) is 3.49. The van der Waals surface area contributed by atoms with Crippen LogP contribution in [0.25, 0.3) is 33.4 Å². The lowest BCUT2D eigenvalue weighted by Gasteiger charge is -2.08. The number of fused-ring (bicyclic) bond motifs is 1. The van der Waals surface area contributed by atoms with Gasteiger partial charge in [0.05, 0.1) is 6.20 Å². The Kier molecular flexibility index (Phi) is 4.87. The summed E-state index contributed by atoms with van der Waals surface area (Å²) in [7, 11) is 3.47. The van der Waals surface area contributed by atoms with Crippen molar-refractivity contribution in [3.8, 4) is 22.5 Å². The molecule has 3 N–H and O–H groups in total. The summed E-state index contributed by atoms with van der Waals surface area (Å²) in [4.78, 5) is 26.1. The molecule has 3 aromatic heterocycles. The largest absolute Gasteiger partial charge is 0.351 e. The van der Waals surface area contributed by atoms with Crippen molar-refractivity contribution in [2.45, 2.75) is 0 Å². The van der Waals surface area contributed by atoms with E-state index in [1.54, 1.807) is 31.4 Å². The minimum Gasteiger partial charge on any atom is -0.351 e. The Labute approximate surface area is 184 Å². The Bertz CT molecular complexity index is 1390. The van der Waals surface area contributed by atoms with Gasteiger partial charge in [0.2, 0.25) is 0 Å². The van der Waals surface area contributed by atoms with E-state index in [2.05, 4.69) is 30.5 Å². The van der Waals surface area contributed by atoms with E-state index in [9.17, 15) is 4.79 Å². The van der Waals surface area contributed by atoms with Crippen molar-refractivity contribution in [1.82, 2.24) is 30.0 Å². The van der Waals surface area contributed by atoms with Gasteiger partial charge in [-0.2, -0.15) is 5.10 Å². The van der Waals surface area contributed by atoms with Crippen LogP contribution < -0.4 is 5.32 Å². The second-order valence-corrected chi connectivity index (χ2v) is 7.64. The van der Waals surface area contributed by atoms with Gasteiger partial charge in [-0.25, -0.2) is 9.97 Å². The molecular formula is C24H21N7O. The summed E-state index contributed by atoms with van der Waals surface area (Å²) < 4.78 is 0. The van der Waals surface area contributed by atoms with E-state index in [0.717, 1.165) is 33.3 Å². The summed E-state index contributed by atoms with van der Waals surface area (Å²) in [5, 5.41) is 11.1. The van der Waals surface area contributed by atoms with Crippen molar-refractivity contribution in [3.05, 3.63) is 78.9 Å². The highest BCUT2D eigenvalue weighted by Crippen LogP contribution is 2.25. The molecule has 0 fully saturated rings. The molecule has 0 bridgehead atoms. The summed E-state index contributed by atoms with van der Waals surface area (Å²) in [5.74, 6) is 1.23. The molecule has 32 heavy (non-hydrogen) atoms. The third kappa shape index (κ3) is 3.81. The topological polar surface area (TPSA) is 103 Å². The highest BCUT2D eigenvalue weighted by Gasteiger charge is 2.12. The second kappa shape index (κ2) is 7.99. The molecule has 0 aliphatic rings. The number of carbonyl (C=O) groups is 1. The number of aromatic amines is 2. The Morgan fingerprint density at radius 1 is 0.969 bits per heavy atom. The van der Waals surface area contributed by atoms with Crippen molar-refractivity contribution in [1.29, 1.82) is 0 Å². The second-order valence-electron chi connectivity index (χ2n) is 7.64. The van der Waals surface area contributed by atoms with Crippen LogP contribution in [-0.4, -0.2) is 50.1 Å². The van der Waals surface area contributed by atoms with E-state index in [1.165, 1.54) is 0 Å². The summed E-state index contributed by atoms with van der Waals surface area (Å²) in [6, 6.07) is 17.6. The monoisotopic (exact) mass is 423 g/mol.